The van der Waals surface area contributed by atoms with E-state index < -0.39 is 4.92 Å². The molecule has 6 nitrogen and oxygen atoms in total. The molecule has 0 fully saturated rings. The molecule has 6 heteroatoms. The van der Waals surface area contributed by atoms with Gasteiger partial charge in [-0.05, 0) is 24.1 Å². The van der Waals surface area contributed by atoms with Gasteiger partial charge in [-0.15, -0.1) is 0 Å². The Morgan fingerprint density at radius 3 is 2.67 bits per heavy atom. The number of non-ortho nitro benzene ring substituents is 1. The van der Waals surface area contributed by atoms with Crippen LogP contribution in [-0.4, -0.2) is 10.8 Å². The predicted molar refractivity (Wildman–Crippen MR) is 80.1 cm³/mol. The third-order valence-corrected chi connectivity index (χ3v) is 3.16. The third-order valence-electron chi connectivity index (χ3n) is 3.16. The second-order valence-electron chi connectivity index (χ2n) is 4.57. The number of hydrogen-bond donors (Lipinski definition) is 2. The normalized spacial score (nSPS) is 10.2. The molecular weight excluding hydrogens is 270 g/mol. The van der Waals surface area contributed by atoms with Crippen LogP contribution < -0.4 is 11.1 Å². The number of benzene rings is 2. The van der Waals surface area contributed by atoms with Crippen LogP contribution in [0.2, 0.25) is 0 Å². The zero-order chi connectivity index (χ0) is 15.4. The quantitative estimate of drug-likeness (QED) is 0.666. The highest BCUT2D eigenvalue weighted by atomic mass is 16.6. The van der Waals surface area contributed by atoms with Gasteiger partial charge in [-0.2, -0.15) is 0 Å². The maximum atomic E-state index is 12.3. The number of anilines is 1. The number of carbonyl (C=O) groups excluding carboxylic acids is 1. The summed E-state index contributed by atoms with van der Waals surface area (Å²) in [6.45, 7) is 2.02. The number of hydrogen-bond acceptors (Lipinski definition) is 4. The van der Waals surface area contributed by atoms with Gasteiger partial charge in [0.1, 0.15) is 0 Å². The van der Waals surface area contributed by atoms with E-state index in [0.717, 1.165) is 11.1 Å². The molecule has 0 unspecified atom stereocenters. The van der Waals surface area contributed by atoms with Crippen LogP contribution in [-0.2, 0) is 6.54 Å². The molecule has 0 atom stereocenters. The highest BCUT2D eigenvalue weighted by Gasteiger charge is 2.14. The van der Waals surface area contributed by atoms with Crippen LogP contribution in [0.1, 0.15) is 21.5 Å². The van der Waals surface area contributed by atoms with Crippen LogP contribution in [0.4, 0.5) is 11.4 Å². The van der Waals surface area contributed by atoms with E-state index in [0.29, 0.717) is 11.3 Å². The second kappa shape index (κ2) is 6.15. The van der Waals surface area contributed by atoms with E-state index in [9.17, 15) is 14.9 Å². The SMILES string of the molecule is Cc1ccc([N+](=O)[O-])cc1NC(=O)c1ccccc1CN. The summed E-state index contributed by atoms with van der Waals surface area (Å²) >= 11 is 0. The molecule has 0 spiro atoms. The van der Waals surface area contributed by atoms with Crippen LogP contribution in [0.15, 0.2) is 42.5 Å². The van der Waals surface area contributed by atoms with Gasteiger partial charge in [0.15, 0.2) is 0 Å². The first kappa shape index (κ1) is 14.7. The predicted octanol–water partition coefficient (Wildman–Crippen LogP) is 2.61. The summed E-state index contributed by atoms with van der Waals surface area (Å²) in [6, 6.07) is 11.3. The fourth-order valence-electron chi connectivity index (χ4n) is 1.97. The third kappa shape index (κ3) is 3.24. The van der Waals surface area contributed by atoms with E-state index in [1.807, 2.05) is 0 Å². The van der Waals surface area contributed by atoms with Gasteiger partial charge in [-0.3, -0.25) is 14.9 Å². The van der Waals surface area contributed by atoms with Crippen LogP contribution in [0.5, 0.6) is 0 Å². The largest absolute Gasteiger partial charge is 0.326 e. The smallest absolute Gasteiger partial charge is 0.271 e. The molecule has 3 N–H and O–H groups in total. The lowest BCUT2D eigenvalue weighted by molar-refractivity contribution is -0.384. The number of aryl methyl sites for hydroxylation is 1. The maximum absolute atomic E-state index is 12.3. The maximum Gasteiger partial charge on any atom is 0.271 e. The molecule has 0 aliphatic heterocycles. The zero-order valence-electron chi connectivity index (χ0n) is 11.5. The van der Waals surface area contributed by atoms with Crippen molar-refractivity contribution < 1.29 is 9.72 Å². The standard InChI is InChI=1S/C15H15N3O3/c1-10-6-7-12(18(20)21)8-14(10)17-15(19)13-5-3-2-4-11(13)9-16/h2-8H,9,16H2,1H3,(H,17,19). The highest BCUT2D eigenvalue weighted by molar-refractivity contribution is 6.05. The van der Waals surface area contributed by atoms with Gasteiger partial charge in [-0.1, -0.05) is 24.3 Å². The summed E-state index contributed by atoms with van der Waals surface area (Å²) in [6.07, 6.45) is 0. The van der Waals surface area contributed by atoms with Crippen molar-refractivity contribution in [1.29, 1.82) is 0 Å². The van der Waals surface area contributed by atoms with Crippen molar-refractivity contribution in [2.24, 2.45) is 5.73 Å². The first-order chi connectivity index (χ1) is 10.0. The first-order valence-electron chi connectivity index (χ1n) is 6.37. The van der Waals surface area contributed by atoms with E-state index in [1.165, 1.54) is 12.1 Å². The van der Waals surface area contributed by atoms with Gasteiger partial charge in [0, 0.05) is 24.2 Å². The van der Waals surface area contributed by atoms with Crippen molar-refractivity contribution in [2.45, 2.75) is 13.5 Å². The number of nitro groups is 1. The Labute approximate surface area is 121 Å². The average Bonchev–Trinajstić information content (AvgIpc) is 2.49. The molecule has 0 aromatic heterocycles. The van der Waals surface area contributed by atoms with Crippen molar-refractivity contribution in [3.05, 3.63) is 69.3 Å². The number of nitrogens with zero attached hydrogens (tertiary/aromatic N) is 1. The molecular formula is C15H15N3O3. The first-order valence-corrected chi connectivity index (χ1v) is 6.37. The Morgan fingerprint density at radius 2 is 2.00 bits per heavy atom. The van der Waals surface area contributed by atoms with Gasteiger partial charge in [-0.25, -0.2) is 0 Å². The number of nitrogens with one attached hydrogen (secondary N) is 1. The fourth-order valence-corrected chi connectivity index (χ4v) is 1.97. The number of rotatable bonds is 4. The van der Waals surface area contributed by atoms with Crippen LogP contribution in [0.3, 0.4) is 0 Å². The summed E-state index contributed by atoms with van der Waals surface area (Å²) in [5.41, 5.74) is 7.89. The van der Waals surface area contributed by atoms with Crippen molar-refractivity contribution in [3.63, 3.8) is 0 Å². The molecule has 2 aromatic rings. The summed E-state index contributed by atoms with van der Waals surface area (Å²) in [4.78, 5) is 22.6. The molecule has 21 heavy (non-hydrogen) atoms. The van der Waals surface area contributed by atoms with Crippen molar-refractivity contribution in [3.8, 4) is 0 Å². The van der Waals surface area contributed by atoms with E-state index >= 15 is 0 Å². The molecule has 0 aliphatic carbocycles. The lowest BCUT2D eigenvalue weighted by Crippen LogP contribution is -2.16. The Hall–Kier alpha value is -2.73. The second-order valence-corrected chi connectivity index (χ2v) is 4.57. The van der Waals surface area contributed by atoms with E-state index in [4.69, 9.17) is 5.73 Å². The highest BCUT2D eigenvalue weighted by Crippen LogP contribution is 2.22. The van der Waals surface area contributed by atoms with Crippen LogP contribution in [0, 0.1) is 17.0 Å². The number of nitrogens with two attached hydrogens (primary N) is 1. The van der Waals surface area contributed by atoms with Gasteiger partial charge in [0.25, 0.3) is 11.6 Å². The van der Waals surface area contributed by atoms with Crippen LogP contribution >= 0.6 is 0 Å². The molecule has 0 saturated carbocycles. The summed E-state index contributed by atoms with van der Waals surface area (Å²) in [7, 11) is 0. The van der Waals surface area contributed by atoms with Gasteiger partial charge in [0.2, 0.25) is 0 Å². The molecule has 0 saturated heterocycles. The zero-order valence-corrected chi connectivity index (χ0v) is 11.5. The Balaban J connectivity index is 2.31. The lowest BCUT2D eigenvalue weighted by Gasteiger charge is -2.10. The van der Waals surface area contributed by atoms with Gasteiger partial charge < -0.3 is 11.1 Å². The number of carbonyl (C=O) groups is 1. The molecule has 0 heterocycles. The van der Waals surface area contributed by atoms with Gasteiger partial charge in [0.05, 0.1) is 10.6 Å². The lowest BCUT2D eigenvalue weighted by atomic mass is 10.1. The average molecular weight is 285 g/mol. The summed E-state index contributed by atoms with van der Waals surface area (Å²) in [5.74, 6) is -0.334. The Morgan fingerprint density at radius 1 is 1.29 bits per heavy atom. The van der Waals surface area contributed by atoms with Crippen molar-refractivity contribution >= 4 is 17.3 Å². The van der Waals surface area contributed by atoms with E-state index in [-0.39, 0.29) is 18.1 Å². The molecule has 2 aromatic carbocycles. The molecule has 0 bridgehead atoms. The fraction of sp³-hybridized carbons (Fsp3) is 0.133. The Kier molecular flexibility index (Phi) is 4.30. The Bertz CT molecular complexity index is 698. The minimum absolute atomic E-state index is 0.0667. The topological polar surface area (TPSA) is 98.3 Å². The monoisotopic (exact) mass is 285 g/mol. The van der Waals surface area contributed by atoms with E-state index in [1.54, 1.807) is 37.3 Å². The molecule has 0 radical (unpaired) electrons. The molecule has 0 aliphatic rings. The van der Waals surface area contributed by atoms with Crippen LogP contribution in [0.25, 0.3) is 0 Å². The number of amides is 1. The molecule has 1 amide bonds. The molecule has 2 rings (SSSR count). The minimum Gasteiger partial charge on any atom is -0.326 e. The minimum atomic E-state index is -0.497. The molecule has 108 valence electrons. The van der Waals surface area contributed by atoms with Crippen molar-refractivity contribution in [2.75, 3.05) is 5.32 Å². The van der Waals surface area contributed by atoms with Crippen molar-refractivity contribution in [1.82, 2.24) is 0 Å². The summed E-state index contributed by atoms with van der Waals surface area (Å²) < 4.78 is 0. The summed E-state index contributed by atoms with van der Waals surface area (Å²) in [5, 5.41) is 13.5. The van der Waals surface area contributed by atoms with E-state index in [2.05, 4.69) is 5.32 Å². The number of nitro benzene ring substituents is 1. The van der Waals surface area contributed by atoms with Gasteiger partial charge >= 0.3 is 0 Å².